The summed E-state index contributed by atoms with van der Waals surface area (Å²) in [5.74, 6) is -0.267. The summed E-state index contributed by atoms with van der Waals surface area (Å²) >= 11 is 0. The Bertz CT molecular complexity index is 555. The van der Waals surface area contributed by atoms with Crippen LogP contribution in [-0.4, -0.2) is 43.6 Å². The first-order valence-electron chi connectivity index (χ1n) is 7.73. The largest absolute Gasteiger partial charge is 0.477 e. The molecule has 5 nitrogen and oxygen atoms in total. The molecule has 0 unspecified atom stereocenters. The van der Waals surface area contributed by atoms with Crippen LogP contribution in [0.5, 0.6) is 0 Å². The number of hydrogen-bond donors (Lipinski definition) is 1. The van der Waals surface area contributed by atoms with Crippen molar-refractivity contribution in [3.8, 4) is 0 Å². The lowest BCUT2D eigenvalue weighted by Crippen LogP contribution is -2.44. The molecule has 0 bridgehead atoms. The number of pyridine rings is 1. The molecule has 1 aliphatic heterocycles. The van der Waals surface area contributed by atoms with E-state index < -0.39 is 14.3 Å². The van der Waals surface area contributed by atoms with Crippen LogP contribution in [0, 0.1) is 0 Å². The van der Waals surface area contributed by atoms with Gasteiger partial charge in [0.25, 0.3) is 0 Å². The average molecular weight is 322 g/mol. The van der Waals surface area contributed by atoms with Gasteiger partial charge in [-0.2, -0.15) is 0 Å². The molecule has 2 rings (SSSR count). The number of carboxylic acids is 1. The normalized spacial score (nSPS) is 19.5. The summed E-state index contributed by atoms with van der Waals surface area (Å²) in [7, 11) is -1.77. The molecule has 0 spiro atoms. The second-order valence-electron chi connectivity index (χ2n) is 7.42. The van der Waals surface area contributed by atoms with Crippen molar-refractivity contribution in [1.29, 1.82) is 0 Å². The van der Waals surface area contributed by atoms with Gasteiger partial charge in [0.1, 0.15) is 5.82 Å². The SMILES string of the molecule is CC(C)(C)[Si](C)(C)O[C@H]1CCN(c2cccc(C(=O)O)n2)C1. The first-order chi connectivity index (χ1) is 10.1. The molecule has 22 heavy (non-hydrogen) atoms. The average Bonchev–Trinajstić information content (AvgIpc) is 2.85. The van der Waals surface area contributed by atoms with Crippen molar-refractivity contribution in [3.05, 3.63) is 23.9 Å². The lowest BCUT2D eigenvalue weighted by molar-refractivity contribution is 0.0690. The molecule has 1 aromatic rings. The minimum absolute atomic E-state index is 0.0891. The second-order valence-corrected chi connectivity index (χ2v) is 12.2. The van der Waals surface area contributed by atoms with Crippen molar-refractivity contribution in [2.24, 2.45) is 0 Å². The quantitative estimate of drug-likeness (QED) is 0.861. The third kappa shape index (κ3) is 3.67. The zero-order valence-corrected chi connectivity index (χ0v) is 15.1. The maximum Gasteiger partial charge on any atom is 0.354 e. The number of carbonyl (C=O) groups is 1. The lowest BCUT2D eigenvalue weighted by atomic mass is 10.2. The third-order valence-corrected chi connectivity index (χ3v) is 9.22. The highest BCUT2D eigenvalue weighted by atomic mass is 28.4. The Kier molecular flexibility index (Phi) is 4.63. The molecular weight excluding hydrogens is 296 g/mol. The van der Waals surface area contributed by atoms with E-state index in [1.165, 1.54) is 6.07 Å². The smallest absolute Gasteiger partial charge is 0.354 e. The van der Waals surface area contributed by atoms with Crippen LogP contribution in [0.25, 0.3) is 0 Å². The zero-order valence-electron chi connectivity index (χ0n) is 14.1. The molecule has 1 N–H and O–H groups in total. The van der Waals surface area contributed by atoms with E-state index in [0.717, 1.165) is 25.3 Å². The summed E-state index contributed by atoms with van der Waals surface area (Å²) in [6, 6.07) is 5.13. The zero-order chi connectivity index (χ0) is 16.5. The van der Waals surface area contributed by atoms with Gasteiger partial charge < -0.3 is 14.4 Å². The second kappa shape index (κ2) is 6.00. The van der Waals surface area contributed by atoms with Crippen molar-refractivity contribution < 1.29 is 14.3 Å². The number of aromatic carboxylic acids is 1. The minimum atomic E-state index is -1.77. The highest BCUT2D eigenvalue weighted by Crippen LogP contribution is 2.38. The molecule has 0 radical (unpaired) electrons. The number of hydrogen-bond acceptors (Lipinski definition) is 4. The number of nitrogens with zero attached hydrogens (tertiary/aromatic N) is 2. The van der Waals surface area contributed by atoms with E-state index in [9.17, 15) is 4.79 Å². The summed E-state index contributed by atoms with van der Waals surface area (Å²) in [5.41, 5.74) is 0.0891. The van der Waals surface area contributed by atoms with Gasteiger partial charge in [-0.25, -0.2) is 9.78 Å². The van der Waals surface area contributed by atoms with Gasteiger partial charge in [0.15, 0.2) is 14.0 Å². The highest BCUT2D eigenvalue weighted by Gasteiger charge is 2.40. The van der Waals surface area contributed by atoms with Gasteiger partial charge in [0, 0.05) is 13.1 Å². The van der Waals surface area contributed by atoms with E-state index in [-0.39, 0.29) is 16.8 Å². The molecule has 1 aromatic heterocycles. The molecule has 0 aromatic carbocycles. The van der Waals surface area contributed by atoms with E-state index in [4.69, 9.17) is 9.53 Å². The first kappa shape index (κ1) is 17.0. The van der Waals surface area contributed by atoms with E-state index in [2.05, 4.69) is 43.7 Å². The van der Waals surface area contributed by atoms with Crippen LogP contribution in [0.1, 0.15) is 37.7 Å². The monoisotopic (exact) mass is 322 g/mol. The van der Waals surface area contributed by atoms with Crippen LogP contribution in [0.15, 0.2) is 18.2 Å². The predicted molar refractivity (Wildman–Crippen MR) is 90.1 cm³/mol. The summed E-state index contributed by atoms with van der Waals surface area (Å²) in [4.78, 5) is 17.4. The van der Waals surface area contributed by atoms with Crippen LogP contribution < -0.4 is 4.90 Å². The van der Waals surface area contributed by atoms with Crippen LogP contribution in [0.2, 0.25) is 18.1 Å². The summed E-state index contributed by atoms with van der Waals surface area (Å²) in [6.45, 7) is 12.9. The molecule has 0 amide bonds. The van der Waals surface area contributed by atoms with Crippen LogP contribution in [0.3, 0.4) is 0 Å². The molecule has 0 aliphatic carbocycles. The fourth-order valence-corrected chi connectivity index (χ4v) is 3.72. The van der Waals surface area contributed by atoms with Gasteiger partial charge in [-0.1, -0.05) is 26.8 Å². The van der Waals surface area contributed by atoms with Crippen molar-refractivity contribution in [2.75, 3.05) is 18.0 Å². The van der Waals surface area contributed by atoms with Crippen LogP contribution in [-0.2, 0) is 4.43 Å². The number of aromatic nitrogens is 1. The summed E-state index contributed by atoms with van der Waals surface area (Å²) in [5, 5.41) is 9.24. The summed E-state index contributed by atoms with van der Waals surface area (Å²) < 4.78 is 6.45. The number of anilines is 1. The Morgan fingerprint density at radius 2 is 2.09 bits per heavy atom. The van der Waals surface area contributed by atoms with Gasteiger partial charge in [-0.3, -0.25) is 0 Å². The molecule has 1 aliphatic rings. The van der Waals surface area contributed by atoms with Crippen molar-refractivity contribution in [1.82, 2.24) is 4.98 Å². The molecular formula is C16H26N2O3Si. The Morgan fingerprint density at radius 3 is 2.68 bits per heavy atom. The van der Waals surface area contributed by atoms with Crippen LogP contribution >= 0.6 is 0 Å². The molecule has 1 atom stereocenters. The molecule has 1 saturated heterocycles. The lowest BCUT2D eigenvalue weighted by Gasteiger charge is -2.38. The van der Waals surface area contributed by atoms with Crippen LogP contribution in [0.4, 0.5) is 5.82 Å². The standard InChI is InChI=1S/C16H26N2O3Si/c1-16(2,3)22(4,5)21-12-9-10-18(11-12)14-8-6-7-13(17-14)15(19)20/h6-8,12H,9-11H2,1-5H3,(H,19,20)/t12-/m0/s1. The Balaban J connectivity index is 2.04. The van der Waals surface area contributed by atoms with Gasteiger partial charge in [-0.15, -0.1) is 0 Å². The van der Waals surface area contributed by atoms with Gasteiger partial charge in [0.2, 0.25) is 0 Å². The highest BCUT2D eigenvalue weighted by molar-refractivity contribution is 6.74. The molecule has 122 valence electrons. The third-order valence-electron chi connectivity index (χ3n) is 4.69. The maximum atomic E-state index is 11.0. The topological polar surface area (TPSA) is 62.7 Å². The Hall–Kier alpha value is -1.40. The molecule has 0 saturated carbocycles. The van der Waals surface area contributed by atoms with E-state index >= 15 is 0 Å². The first-order valence-corrected chi connectivity index (χ1v) is 10.6. The van der Waals surface area contributed by atoms with Gasteiger partial charge in [-0.05, 0) is 36.7 Å². The van der Waals surface area contributed by atoms with E-state index in [0.29, 0.717) is 0 Å². The molecule has 1 fully saturated rings. The van der Waals surface area contributed by atoms with Crippen molar-refractivity contribution in [3.63, 3.8) is 0 Å². The van der Waals surface area contributed by atoms with E-state index in [1.807, 2.05) is 6.07 Å². The minimum Gasteiger partial charge on any atom is -0.477 e. The predicted octanol–water partition coefficient (Wildman–Crippen LogP) is 3.38. The Labute approximate surface area is 133 Å². The van der Waals surface area contributed by atoms with Crippen molar-refractivity contribution in [2.45, 2.75) is 51.4 Å². The fraction of sp³-hybridized carbons (Fsp3) is 0.625. The number of rotatable bonds is 4. The Morgan fingerprint density at radius 1 is 1.41 bits per heavy atom. The summed E-state index contributed by atoms with van der Waals surface area (Å²) in [6.07, 6.45) is 1.17. The van der Waals surface area contributed by atoms with Gasteiger partial charge >= 0.3 is 5.97 Å². The molecule has 2 heterocycles. The van der Waals surface area contributed by atoms with Gasteiger partial charge in [0.05, 0.1) is 6.10 Å². The molecule has 6 heteroatoms. The maximum absolute atomic E-state index is 11.0. The van der Waals surface area contributed by atoms with E-state index in [1.54, 1.807) is 6.07 Å². The fourth-order valence-electron chi connectivity index (χ4n) is 2.34. The number of carboxylic acid groups (broad SMARTS) is 1. The van der Waals surface area contributed by atoms with Crippen molar-refractivity contribution >= 4 is 20.1 Å².